The number of carbonyl (C=O) groups is 1. The van der Waals surface area contributed by atoms with E-state index in [1.807, 2.05) is 48.5 Å². The maximum absolute atomic E-state index is 12.5. The number of nitrogens with one attached hydrogen (secondary N) is 1. The molecule has 0 aliphatic rings. The highest BCUT2D eigenvalue weighted by molar-refractivity contribution is 5.82. The molecule has 154 valence electrons. The zero-order chi connectivity index (χ0) is 20.9. The Morgan fingerprint density at radius 3 is 2.52 bits per heavy atom. The molecule has 0 bridgehead atoms. The molecule has 29 heavy (non-hydrogen) atoms. The summed E-state index contributed by atoms with van der Waals surface area (Å²) in [5.41, 5.74) is 3.81. The smallest absolute Gasteiger partial charge is 0.411 e. The van der Waals surface area contributed by atoms with Crippen LogP contribution < -0.4 is 0 Å². The average Bonchev–Trinajstić information content (AvgIpc) is 3.06. The van der Waals surface area contributed by atoms with Crippen molar-refractivity contribution in [2.24, 2.45) is 0 Å². The van der Waals surface area contributed by atoms with Gasteiger partial charge in [0, 0.05) is 24.1 Å². The monoisotopic (exact) mass is 405 g/mol. The molecule has 3 rings (SSSR count). The number of benzene rings is 2. The quantitative estimate of drug-likeness (QED) is 0.547. The second-order valence-corrected chi connectivity index (χ2v) is 6.75. The number of H-pyrrole nitrogens is 1. The first kappa shape index (κ1) is 20.9. The lowest BCUT2D eigenvalue weighted by Gasteiger charge is -2.17. The molecule has 1 aromatic heterocycles. The van der Waals surface area contributed by atoms with Crippen molar-refractivity contribution in [1.82, 2.24) is 4.98 Å². The molecule has 3 aromatic rings. The summed E-state index contributed by atoms with van der Waals surface area (Å²) in [5.74, 6) is -0.796. The van der Waals surface area contributed by atoms with Crippen molar-refractivity contribution in [3.8, 4) is 0 Å². The first-order valence-electron chi connectivity index (χ1n) is 9.33. The second kappa shape index (κ2) is 9.13. The van der Waals surface area contributed by atoms with Crippen LogP contribution in [0.5, 0.6) is 0 Å². The Morgan fingerprint density at radius 2 is 1.83 bits per heavy atom. The zero-order valence-electron chi connectivity index (χ0n) is 16.0. The summed E-state index contributed by atoms with van der Waals surface area (Å²) < 4.78 is 47.2. The molecule has 4 nitrogen and oxygen atoms in total. The Balaban J connectivity index is 1.75. The van der Waals surface area contributed by atoms with Gasteiger partial charge in [-0.3, -0.25) is 0 Å². The Labute approximate surface area is 166 Å². The van der Waals surface area contributed by atoms with Gasteiger partial charge in [0.1, 0.15) is 6.61 Å². The van der Waals surface area contributed by atoms with Gasteiger partial charge in [0.2, 0.25) is 0 Å². The second-order valence-electron chi connectivity index (χ2n) is 6.75. The van der Waals surface area contributed by atoms with E-state index in [2.05, 4.69) is 4.98 Å². The first-order chi connectivity index (χ1) is 13.8. The molecule has 0 saturated carbocycles. The van der Waals surface area contributed by atoms with Crippen molar-refractivity contribution in [3.63, 3.8) is 0 Å². The number of carbonyl (C=O) groups excluding carboxylic acids is 1. The summed E-state index contributed by atoms with van der Waals surface area (Å²) >= 11 is 0. The molecule has 7 heteroatoms. The lowest BCUT2D eigenvalue weighted by atomic mass is 10.1. The van der Waals surface area contributed by atoms with Gasteiger partial charge in [0.25, 0.3) is 0 Å². The molecular formula is C22H22F3NO3. The molecular weight excluding hydrogens is 383 g/mol. The third-order valence-electron chi connectivity index (χ3n) is 4.40. The van der Waals surface area contributed by atoms with Crippen molar-refractivity contribution < 1.29 is 27.4 Å². The van der Waals surface area contributed by atoms with Gasteiger partial charge in [0.05, 0.1) is 6.61 Å². The Kier molecular flexibility index (Phi) is 6.59. The van der Waals surface area contributed by atoms with Crippen molar-refractivity contribution in [2.75, 3.05) is 13.2 Å². The van der Waals surface area contributed by atoms with Gasteiger partial charge in [-0.05, 0) is 41.6 Å². The third kappa shape index (κ3) is 6.09. The zero-order valence-corrected chi connectivity index (χ0v) is 16.0. The van der Waals surface area contributed by atoms with Crippen molar-refractivity contribution >= 4 is 16.9 Å². The highest BCUT2D eigenvalue weighted by atomic mass is 19.4. The molecule has 0 aliphatic carbocycles. The van der Waals surface area contributed by atoms with Gasteiger partial charge >= 0.3 is 12.1 Å². The Hall–Kier alpha value is -2.80. The van der Waals surface area contributed by atoms with E-state index in [9.17, 15) is 18.0 Å². The fraction of sp³-hybridized carbons (Fsp3) is 0.318. The highest BCUT2D eigenvalue weighted by Crippen LogP contribution is 2.22. The maximum atomic E-state index is 12.5. The minimum atomic E-state index is -4.51. The van der Waals surface area contributed by atoms with Crippen LogP contribution in [0.2, 0.25) is 0 Å². The summed E-state index contributed by atoms with van der Waals surface area (Å²) in [6, 6.07) is 17.5. The van der Waals surface area contributed by atoms with Gasteiger partial charge in [-0.25, -0.2) is 4.79 Å². The summed E-state index contributed by atoms with van der Waals surface area (Å²) in [4.78, 5) is 15.4. The predicted molar refractivity (Wildman–Crippen MR) is 104 cm³/mol. The normalized spacial score (nSPS) is 12.8. The lowest BCUT2D eigenvalue weighted by molar-refractivity contribution is -0.194. The Bertz CT molecular complexity index is 951. The van der Waals surface area contributed by atoms with E-state index in [1.165, 1.54) is 5.56 Å². The molecule has 0 fully saturated rings. The van der Waals surface area contributed by atoms with Crippen LogP contribution in [0.25, 0.3) is 10.9 Å². The van der Waals surface area contributed by atoms with Crippen LogP contribution in [-0.2, 0) is 27.1 Å². The third-order valence-corrected chi connectivity index (χ3v) is 4.40. The number of ether oxygens (including phenoxy) is 2. The van der Waals surface area contributed by atoms with E-state index >= 15 is 0 Å². The minimum Gasteiger partial charge on any atom is -0.464 e. The van der Waals surface area contributed by atoms with Gasteiger partial charge in [-0.1, -0.05) is 36.4 Å². The first-order valence-corrected chi connectivity index (χ1v) is 9.33. The van der Waals surface area contributed by atoms with Gasteiger partial charge in [-0.2, -0.15) is 13.2 Å². The van der Waals surface area contributed by atoms with Crippen LogP contribution in [0, 0.1) is 0 Å². The van der Waals surface area contributed by atoms with E-state index < -0.39 is 24.9 Å². The van der Waals surface area contributed by atoms with E-state index in [1.54, 1.807) is 13.0 Å². The number of alkyl halides is 3. The van der Waals surface area contributed by atoms with Gasteiger partial charge < -0.3 is 14.5 Å². The maximum Gasteiger partial charge on any atom is 0.411 e. The van der Waals surface area contributed by atoms with Gasteiger partial charge in [-0.15, -0.1) is 0 Å². The standard InChI is InChI=1S/C22H22F3NO3/c1-2-28-21(27)20(29-14-22(23,24)25)12-16-8-9-19-17(10-16)13-18(26-19)11-15-6-4-3-5-7-15/h3-10,13,20,26H,2,11-12,14H2,1H3. The lowest BCUT2D eigenvalue weighted by Crippen LogP contribution is -2.32. The molecule has 0 aliphatic heterocycles. The molecule has 2 aromatic carbocycles. The number of aromatic nitrogens is 1. The van der Waals surface area contributed by atoms with Crippen molar-refractivity contribution in [2.45, 2.75) is 32.0 Å². The minimum absolute atomic E-state index is 0.00402. The van der Waals surface area contributed by atoms with E-state index in [4.69, 9.17) is 9.47 Å². The summed E-state index contributed by atoms with van der Waals surface area (Å²) in [6.07, 6.45) is -5.08. The number of aromatic amines is 1. The van der Waals surface area contributed by atoms with Crippen LogP contribution in [-0.4, -0.2) is 36.4 Å². The van der Waals surface area contributed by atoms with Crippen LogP contribution in [0.4, 0.5) is 13.2 Å². The molecule has 0 saturated heterocycles. The number of fused-ring (bicyclic) bond motifs is 1. The van der Waals surface area contributed by atoms with E-state index in [-0.39, 0.29) is 13.0 Å². The summed E-state index contributed by atoms with van der Waals surface area (Å²) in [5, 5.41) is 0.923. The molecule has 0 amide bonds. The molecule has 1 heterocycles. The topological polar surface area (TPSA) is 51.3 Å². The molecule has 0 radical (unpaired) electrons. The van der Waals surface area contributed by atoms with Crippen molar-refractivity contribution in [1.29, 1.82) is 0 Å². The average molecular weight is 405 g/mol. The fourth-order valence-corrected chi connectivity index (χ4v) is 3.13. The number of hydrogen-bond donors (Lipinski definition) is 1. The Morgan fingerprint density at radius 1 is 1.07 bits per heavy atom. The molecule has 1 N–H and O–H groups in total. The number of esters is 1. The SMILES string of the molecule is CCOC(=O)C(Cc1ccc2[nH]c(Cc3ccccc3)cc2c1)OCC(F)(F)F. The van der Waals surface area contributed by atoms with Crippen LogP contribution in [0.1, 0.15) is 23.7 Å². The summed E-state index contributed by atoms with van der Waals surface area (Å²) in [7, 11) is 0. The van der Waals surface area contributed by atoms with Crippen LogP contribution in [0.15, 0.2) is 54.6 Å². The largest absolute Gasteiger partial charge is 0.464 e. The van der Waals surface area contributed by atoms with E-state index in [0.717, 1.165) is 23.0 Å². The van der Waals surface area contributed by atoms with Gasteiger partial charge in [0.15, 0.2) is 6.10 Å². The highest BCUT2D eigenvalue weighted by Gasteiger charge is 2.32. The summed E-state index contributed by atoms with van der Waals surface area (Å²) in [6.45, 7) is 0.174. The van der Waals surface area contributed by atoms with Crippen molar-refractivity contribution in [3.05, 3.63) is 71.4 Å². The molecule has 1 unspecified atom stereocenters. The number of rotatable bonds is 8. The fourth-order valence-electron chi connectivity index (χ4n) is 3.13. The molecule has 1 atom stereocenters. The van der Waals surface area contributed by atoms with Crippen LogP contribution >= 0.6 is 0 Å². The van der Waals surface area contributed by atoms with Crippen LogP contribution in [0.3, 0.4) is 0 Å². The number of halogens is 3. The van der Waals surface area contributed by atoms with E-state index in [0.29, 0.717) is 5.56 Å². The molecule has 0 spiro atoms. The number of hydrogen-bond acceptors (Lipinski definition) is 3. The predicted octanol–water partition coefficient (Wildman–Crippen LogP) is 4.81.